The van der Waals surface area contributed by atoms with Crippen LogP contribution >= 0.6 is 11.9 Å². The van der Waals surface area contributed by atoms with E-state index in [9.17, 15) is 18.0 Å². The van der Waals surface area contributed by atoms with E-state index in [-0.39, 0.29) is 11.8 Å². The molecule has 0 aliphatic rings. The summed E-state index contributed by atoms with van der Waals surface area (Å²) in [5.41, 5.74) is 4.89. The quantitative estimate of drug-likeness (QED) is 0.0949. The number of alkyl halides is 3. The van der Waals surface area contributed by atoms with E-state index < -0.39 is 6.36 Å². The molecule has 8 nitrogen and oxygen atoms in total. The van der Waals surface area contributed by atoms with Crippen molar-refractivity contribution in [2.45, 2.75) is 50.8 Å². The number of carbonyl (C=O) groups excluding carboxylic acids is 1. The van der Waals surface area contributed by atoms with E-state index in [0.29, 0.717) is 30.6 Å². The topological polar surface area (TPSA) is 93.1 Å². The fourth-order valence-electron chi connectivity index (χ4n) is 4.18. The third-order valence-electron chi connectivity index (χ3n) is 6.23. The molecule has 0 spiro atoms. The smallest absolute Gasteiger partial charge is 0.406 e. The Kier molecular flexibility index (Phi) is 10.5. The number of urea groups is 1. The Labute approximate surface area is 247 Å². The third kappa shape index (κ3) is 9.25. The van der Waals surface area contributed by atoms with E-state index in [1.165, 1.54) is 58.3 Å². The monoisotopic (exact) mass is 598 g/mol. The van der Waals surface area contributed by atoms with Gasteiger partial charge in [-0.2, -0.15) is 0 Å². The van der Waals surface area contributed by atoms with Gasteiger partial charge in [0.1, 0.15) is 12.1 Å². The molecule has 0 aliphatic heterocycles. The van der Waals surface area contributed by atoms with Gasteiger partial charge in [-0.15, -0.1) is 18.3 Å². The normalized spacial score (nSPS) is 11.5. The van der Waals surface area contributed by atoms with Crippen molar-refractivity contribution in [2.75, 3.05) is 13.2 Å². The summed E-state index contributed by atoms with van der Waals surface area (Å²) in [7, 11) is 0. The van der Waals surface area contributed by atoms with Gasteiger partial charge in [0.25, 0.3) is 0 Å². The van der Waals surface area contributed by atoms with Crippen molar-refractivity contribution in [1.29, 1.82) is 0 Å². The van der Waals surface area contributed by atoms with Gasteiger partial charge in [-0.25, -0.2) is 19.2 Å². The fraction of sp³-hybridized carbons (Fsp3) is 0.300. The number of ether oxygens (including phenoxy) is 1. The van der Waals surface area contributed by atoms with Crippen LogP contribution in [-0.4, -0.2) is 40.4 Å². The summed E-state index contributed by atoms with van der Waals surface area (Å²) in [4.78, 5) is 17.7. The Hall–Kier alpha value is -4.03. The van der Waals surface area contributed by atoms with Crippen molar-refractivity contribution in [2.24, 2.45) is 0 Å². The maximum atomic E-state index is 12.4. The highest BCUT2D eigenvalue weighted by atomic mass is 32.2. The van der Waals surface area contributed by atoms with Crippen molar-refractivity contribution in [1.82, 2.24) is 30.1 Å². The predicted octanol–water partition coefficient (Wildman–Crippen LogP) is 6.75. The molecule has 2 amide bonds. The van der Waals surface area contributed by atoms with Crippen LogP contribution in [0.25, 0.3) is 17.1 Å². The molecule has 3 N–H and O–H groups in total. The number of hydrogen-bond donors (Lipinski definition) is 3. The van der Waals surface area contributed by atoms with Gasteiger partial charge in [-0.1, -0.05) is 44.2 Å². The number of carbonyl (C=O) groups is 1. The lowest BCUT2D eigenvalue weighted by atomic mass is 10.0. The molecule has 12 heteroatoms. The molecule has 0 aliphatic carbocycles. The second-order valence-corrected chi connectivity index (χ2v) is 10.8. The molecule has 0 fully saturated rings. The zero-order valence-corrected chi connectivity index (χ0v) is 24.4. The number of rotatable bonds is 12. The molecule has 0 atom stereocenters. The number of hydrogen-bond acceptors (Lipinski definition) is 6. The van der Waals surface area contributed by atoms with Crippen LogP contribution in [0.2, 0.25) is 0 Å². The van der Waals surface area contributed by atoms with Crippen molar-refractivity contribution < 1.29 is 22.7 Å². The SMILES string of the molecule is Cc1ccc(C(C)C)c(SNCNC(=O)NCCCc2cccc(-c3ncn(-c4ccc(OC(F)(F)F)cc4)n3)c2)c1. The molecule has 0 unspecified atom stereocenters. The van der Waals surface area contributed by atoms with Crippen LogP contribution in [0.5, 0.6) is 5.75 Å². The first kappa shape index (κ1) is 30.9. The first-order valence-electron chi connectivity index (χ1n) is 13.5. The highest BCUT2D eigenvalue weighted by Gasteiger charge is 2.31. The number of halogens is 3. The van der Waals surface area contributed by atoms with E-state index in [0.717, 1.165) is 28.9 Å². The Morgan fingerprint density at radius 2 is 1.83 bits per heavy atom. The summed E-state index contributed by atoms with van der Waals surface area (Å²) in [6, 6.07) is 19.3. The molecule has 4 rings (SSSR count). The summed E-state index contributed by atoms with van der Waals surface area (Å²) in [6.45, 7) is 7.22. The molecular formula is C30H33F3N6O2S. The average molecular weight is 599 g/mol. The zero-order valence-electron chi connectivity index (χ0n) is 23.5. The molecule has 0 saturated heterocycles. The van der Waals surface area contributed by atoms with Gasteiger partial charge in [-0.05, 0) is 90.7 Å². The molecule has 0 bridgehead atoms. The number of amides is 2. The number of aromatic nitrogens is 3. The second-order valence-electron chi connectivity index (χ2n) is 9.91. The van der Waals surface area contributed by atoms with Crippen molar-refractivity contribution >= 4 is 18.0 Å². The fourth-order valence-corrected chi connectivity index (χ4v) is 5.15. The molecule has 4 aromatic rings. The standard InChI is InChI=1S/C30H33F3N6O2S/c1-20(2)26-14-9-21(3)16-27(26)42-37-18-35-29(40)34-15-5-7-22-6-4-8-23(17-22)28-36-19-39(38-28)24-10-12-25(13-11-24)41-30(31,32)33/h4,6,8-14,16-17,19-20,37H,5,7,15,18H2,1-3H3,(H2,34,35,40). The Bertz CT molecular complexity index is 1470. The van der Waals surface area contributed by atoms with Gasteiger partial charge in [-0.3, -0.25) is 0 Å². The Balaban J connectivity index is 1.20. The lowest BCUT2D eigenvalue weighted by molar-refractivity contribution is -0.274. The summed E-state index contributed by atoms with van der Waals surface area (Å²) >= 11 is 1.51. The van der Waals surface area contributed by atoms with Gasteiger partial charge in [0.05, 0.1) is 12.4 Å². The van der Waals surface area contributed by atoms with Gasteiger partial charge >= 0.3 is 12.4 Å². The summed E-state index contributed by atoms with van der Waals surface area (Å²) < 4.78 is 45.8. The predicted molar refractivity (Wildman–Crippen MR) is 157 cm³/mol. The largest absolute Gasteiger partial charge is 0.573 e. The van der Waals surface area contributed by atoms with Gasteiger partial charge in [0.2, 0.25) is 0 Å². The van der Waals surface area contributed by atoms with Crippen LogP contribution in [-0.2, 0) is 6.42 Å². The van der Waals surface area contributed by atoms with E-state index in [4.69, 9.17) is 0 Å². The van der Waals surface area contributed by atoms with Crippen LogP contribution < -0.4 is 20.1 Å². The van der Waals surface area contributed by atoms with Crippen LogP contribution in [0.4, 0.5) is 18.0 Å². The minimum Gasteiger partial charge on any atom is -0.406 e. The van der Waals surface area contributed by atoms with Crippen molar-refractivity contribution in [3.8, 4) is 22.8 Å². The first-order valence-corrected chi connectivity index (χ1v) is 14.3. The molecule has 0 saturated carbocycles. The van der Waals surface area contributed by atoms with Crippen molar-refractivity contribution in [3.05, 3.63) is 89.7 Å². The second kappa shape index (κ2) is 14.2. The highest BCUT2D eigenvalue weighted by Crippen LogP contribution is 2.28. The molecule has 222 valence electrons. The van der Waals surface area contributed by atoms with E-state index in [1.807, 2.05) is 24.3 Å². The van der Waals surface area contributed by atoms with E-state index in [1.54, 1.807) is 0 Å². The summed E-state index contributed by atoms with van der Waals surface area (Å²) in [5, 5.41) is 10.1. The van der Waals surface area contributed by atoms with Gasteiger partial charge < -0.3 is 15.4 Å². The maximum absolute atomic E-state index is 12.4. The average Bonchev–Trinajstić information content (AvgIpc) is 3.44. The van der Waals surface area contributed by atoms with Gasteiger partial charge in [0, 0.05) is 17.0 Å². The maximum Gasteiger partial charge on any atom is 0.573 e. The minimum absolute atomic E-state index is 0.238. The summed E-state index contributed by atoms with van der Waals surface area (Å²) in [6.07, 6.45) is -1.75. The molecule has 3 aromatic carbocycles. The van der Waals surface area contributed by atoms with Crippen LogP contribution in [0, 0.1) is 6.92 Å². The molecule has 0 radical (unpaired) electrons. The van der Waals surface area contributed by atoms with Crippen LogP contribution in [0.15, 0.2) is 78.0 Å². The zero-order chi connectivity index (χ0) is 30.1. The first-order chi connectivity index (χ1) is 20.1. The minimum atomic E-state index is -4.74. The number of nitrogens with one attached hydrogen (secondary N) is 3. The molecule has 42 heavy (non-hydrogen) atoms. The lowest BCUT2D eigenvalue weighted by Crippen LogP contribution is -2.39. The van der Waals surface area contributed by atoms with Crippen LogP contribution in [0.3, 0.4) is 0 Å². The third-order valence-corrected chi connectivity index (χ3v) is 7.10. The number of benzene rings is 3. The van der Waals surface area contributed by atoms with E-state index in [2.05, 4.69) is 69.1 Å². The van der Waals surface area contributed by atoms with Gasteiger partial charge in [0.15, 0.2) is 5.82 Å². The van der Waals surface area contributed by atoms with E-state index >= 15 is 0 Å². The molecule has 1 heterocycles. The molecule has 1 aromatic heterocycles. The lowest BCUT2D eigenvalue weighted by Gasteiger charge is -2.14. The van der Waals surface area contributed by atoms with Crippen molar-refractivity contribution in [3.63, 3.8) is 0 Å². The molecular weight excluding hydrogens is 565 g/mol. The number of nitrogens with zero attached hydrogens (tertiary/aromatic N) is 3. The van der Waals surface area contributed by atoms with Crippen LogP contribution in [0.1, 0.15) is 42.9 Å². The summed E-state index contributed by atoms with van der Waals surface area (Å²) in [5.74, 6) is 0.596. The Morgan fingerprint density at radius 3 is 2.57 bits per heavy atom. The number of aryl methyl sites for hydroxylation is 2. The Morgan fingerprint density at radius 1 is 1.05 bits per heavy atom. The highest BCUT2D eigenvalue weighted by molar-refractivity contribution is 7.97.